The maximum absolute atomic E-state index is 12.7. The molecule has 0 saturated carbocycles. The van der Waals surface area contributed by atoms with Crippen molar-refractivity contribution < 1.29 is 18.7 Å². The van der Waals surface area contributed by atoms with E-state index >= 15 is 0 Å². The number of nitrogens with one attached hydrogen (secondary N) is 3. The fourth-order valence-electron chi connectivity index (χ4n) is 3.41. The number of hydrogen-bond acceptors (Lipinski definition) is 6. The Bertz CT molecular complexity index is 1030. The van der Waals surface area contributed by atoms with Crippen molar-refractivity contribution in [2.75, 3.05) is 17.2 Å². The molecule has 0 aliphatic heterocycles. The maximum Gasteiger partial charge on any atom is 0.420 e. The Morgan fingerprint density at radius 3 is 2.67 bits per heavy atom. The molecule has 33 heavy (non-hydrogen) atoms. The van der Waals surface area contributed by atoms with Crippen molar-refractivity contribution in [3.63, 3.8) is 0 Å². The van der Waals surface area contributed by atoms with Crippen molar-refractivity contribution in [1.29, 1.82) is 0 Å². The fraction of sp³-hybridized carbons (Fsp3) is 0.320. The Labute approximate surface area is 193 Å². The van der Waals surface area contributed by atoms with Gasteiger partial charge in [0.05, 0.1) is 11.8 Å². The molecule has 2 amide bonds. The zero-order valence-corrected chi connectivity index (χ0v) is 19.0. The second kappa shape index (κ2) is 12.3. The molecule has 2 aromatic heterocycles. The average Bonchev–Trinajstić information content (AvgIpc) is 3.33. The van der Waals surface area contributed by atoms with E-state index in [0.29, 0.717) is 30.4 Å². The number of nitrogens with zero attached hydrogens (tertiary/aromatic N) is 1. The van der Waals surface area contributed by atoms with E-state index in [9.17, 15) is 9.59 Å². The Kier molecular flexibility index (Phi) is 8.88. The van der Waals surface area contributed by atoms with E-state index in [0.717, 1.165) is 30.5 Å². The summed E-state index contributed by atoms with van der Waals surface area (Å²) >= 11 is 0. The number of ether oxygens (including phenoxy) is 1. The average molecular weight is 451 g/mol. The second-order valence-electron chi connectivity index (χ2n) is 7.62. The van der Waals surface area contributed by atoms with Crippen LogP contribution in [0.2, 0.25) is 0 Å². The zero-order chi connectivity index (χ0) is 23.5. The van der Waals surface area contributed by atoms with Crippen molar-refractivity contribution in [2.24, 2.45) is 5.92 Å². The molecule has 0 spiro atoms. The molecular formula is C25H30N4O4. The molecule has 8 heteroatoms. The minimum Gasteiger partial charge on any atom is -0.434 e. The molecule has 3 rings (SSSR count). The van der Waals surface area contributed by atoms with Crippen LogP contribution in [0.1, 0.15) is 49.0 Å². The molecule has 0 saturated heterocycles. The lowest BCUT2D eigenvalue weighted by atomic mass is 9.99. The van der Waals surface area contributed by atoms with E-state index in [1.54, 1.807) is 24.4 Å². The Balaban J connectivity index is 1.56. The van der Waals surface area contributed by atoms with E-state index in [2.05, 4.69) is 34.8 Å². The van der Waals surface area contributed by atoms with Crippen LogP contribution in [0.25, 0.3) is 0 Å². The predicted molar refractivity (Wildman–Crippen MR) is 127 cm³/mol. The summed E-state index contributed by atoms with van der Waals surface area (Å²) in [6.07, 6.45) is 5.53. The van der Waals surface area contributed by atoms with Gasteiger partial charge < -0.3 is 19.8 Å². The molecule has 0 unspecified atom stereocenters. The molecule has 8 nitrogen and oxygen atoms in total. The number of aromatic nitrogens is 1. The first kappa shape index (κ1) is 23.8. The Morgan fingerprint density at radius 2 is 1.91 bits per heavy atom. The highest BCUT2D eigenvalue weighted by Gasteiger charge is 2.12. The minimum absolute atomic E-state index is 0.0955. The molecule has 0 fully saturated rings. The molecule has 0 aliphatic carbocycles. The molecule has 0 atom stereocenters. The second-order valence-corrected chi connectivity index (χ2v) is 7.62. The van der Waals surface area contributed by atoms with E-state index in [1.165, 1.54) is 12.3 Å². The highest BCUT2D eigenvalue weighted by atomic mass is 16.6. The fourth-order valence-corrected chi connectivity index (χ4v) is 3.41. The third kappa shape index (κ3) is 7.38. The van der Waals surface area contributed by atoms with Crippen LogP contribution in [0.5, 0.6) is 5.95 Å². The first-order chi connectivity index (χ1) is 16.1. The van der Waals surface area contributed by atoms with Gasteiger partial charge >= 0.3 is 6.09 Å². The summed E-state index contributed by atoms with van der Waals surface area (Å²) in [5.41, 5.74) is 2.21. The van der Waals surface area contributed by atoms with Gasteiger partial charge in [-0.1, -0.05) is 38.8 Å². The lowest BCUT2D eigenvalue weighted by molar-refractivity contribution is 0.0952. The van der Waals surface area contributed by atoms with Gasteiger partial charge in [0, 0.05) is 31.0 Å². The van der Waals surface area contributed by atoms with Crippen molar-refractivity contribution >= 4 is 23.5 Å². The van der Waals surface area contributed by atoms with Crippen LogP contribution in [0.3, 0.4) is 0 Å². The van der Waals surface area contributed by atoms with Gasteiger partial charge in [0.1, 0.15) is 5.82 Å². The molecule has 0 bridgehead atoms. The van der Waals surface area contributed by atoms with Crippen LogP contribution in [-0.4, -0.2) is 23.5 Å². The number of carbonyl (C=O) groups is 2. The molecule has 1 aromatic carbocycles. The summed E-state index contributed by atoms with van der Waals surface area (Å²) in [5.74, 6) is 0.977. The lowest BCUT2D eigenvalue weighted by Crippen LogP contribution is -2.26. The van der Waals surface area contributed by atoms with Crippen LogP contribution in [0, 0.1) is 5.92 Å². The van der Waals surface area contributed by atoms with E-state index in [1.807, 2.05) is 24.3 Å². The first-order valence-corrected chi connectivity index (χ1v) is 11.2. The van der Waals surface area contributed by atoms with E-state index in [-0.39, 0.29) is 11.9 Å². The summed E-state index contributed by atoms with van der Waals surface area (Å²) < 4.78 is 10.00. The topological polar surface area (TPSA) is 105 Å². The van der Waals surface area contributed by atoms with Crippen molar-refractivity contribution in [2.45, 2.75) is 39.7 Å². The largest absolute Gasteiger partial charge is 0.434 e. The number of carbonyl (C=O) groups excluding carboxylic acids is 2. The van der Waals surface area contributed by atoms with Gasteiger partial charge in [-0.15, -0.1) is 0 Å². The number of hydrogen-bond donors (Lipinski definition) is 3. The first-order valence-electron chi connectivity index (χ1n) is 11.2. The number of furan rings is 1. The molecule has 0 aliphatic rings. The summed E-state index contributed by atoms with van der Waals surface area (Å²) in [6, 6.07) is 14.1. The van der Waals surface area contributed by atoms with Gasteiger partial charge in [-0.3, -0.25) is 10.1 Å². The molecular weight excluding hydrogens is 420 g/mol. The smallest absolute Gasteiger partial charge is 0.420 e. The number of pyridine rings is 1. The molecule has 3 N–H and O–H groups in total. The quantitative estimate of drug-likeness (QED) is 0.359. The third-order valence-corrected chi connectivity index (χ3v) is 5.39. The lowest BCUT2D eigenvalue weighted by Gasteiger charge is -2.15. The number of para-hydroxylation sites is 1. The molecule has 2 heterocycles. The SMILES string of the molecule is CCC(CC)CCNC(=O)c1ccccc1NCc1ccnc(NC(=O)Oc2ccco2)c1. The minimum atomic E-state index is -0.696. The summed E-state index contributed by atoms with van der Waals surface area (Å²) in [7, 11) is 0. The van der Waals surface area contributed by atoms with Crippen molar-refractivity contribution in [3.05, 3.63) is 72.1 Å². The number of benzene rings is 1. The number of anilines is 2. The standard InChI is InChI=1S/C25H30N4O4/c1-3-18(4-2)11-14-27-24(30)20-8-5-6-9-21(20)28-17-19-12-13-26-22(16-19)29-25(31)33-23-10-7-15-32-23/h5-10,12-13,15-16,18,28H,3-4,11,14,17H2,1-2H3,(H,27,30)(H,26,29,31). The van der Waals surface area contributed by atoms with E-state index in [4.69, 9.17) is 9.15 Å². The van der Waals surface area contributed by atoms with Crippen LogP contribution >= 0.6 is 0 Å². The maximum atomic E-state index is 12.7. The summed E-state index contributed by atoms with van der Waals surface area (Å²) in [4.78, 5) is 28.8. The third-order valence-electron chi connectivity index (χ3n) is 5.39. The van der Waals surface area contributed by atoms with Gasteiger partial charge in [0.2, 0.25) is 0 Å². The zero-order valence-electron chi connectivity index (χ0n) is 19.0. The highest BCUT2D eigenvalue weighted by Crippen LogP contribution is 2.18. The van der Waals surface area contributed by atoms with Gasteiger partial charge in [-0.05, 0) is 48.2 Å². The van der Waals surface area contributed by atoms with Gasteiger partial charge in [-0.25, -0.2) is 9.78 Å². The Morgan fingerprint density at radius 1 is 1.09 bits per heavy atom. The van der Waals surface area contributed by atoms with Crippen molar-refractivity contribution in [3.8, 4) is 5.95 Å². The summed E-state index contributed by atoms with van der Waals surface area (Å²) in [6.45, 7) is 5.46. The summed E-state index contributed by atoms with van der Waals surface area (Å²) in [5, 5.41) is 8.89. The predicted octanol–water partition coefficient (Wildman–Crippen LogP) is 5.45. The monoisotopic (exact) mass is 450 g/mol. The van der Waals surface area contributed by atoms with Gasteiger partial charge in [-0.2, -0.15) is 0 Å². The van der Waals surface area contributed by atoms with Gasteiger partial charge in [0.25, 0.3) is 11.9 Å². The van der Waals surface area contributed by atoms with Crippen molar-refractivity contribution in [1.82, 2.24) is 10.3 Å². The Hall–Kier alpha value is -3.81. The van der Waals surface area contributed by atoms with E-state index < -0.39 is 6.09 Å². The normalized spacial score (nSPS) is 10.6. The highest BCUT2D eigenvalue weighted by molar-refractivity contribution is 5.99. The molecule has 3 aromatic rings. The van der Waals surface area contributed by atoms with Crippen LogP contribution in [-0.2, 0) is 6.54 Å². The van der Waals surface area contributed by atoms with Crippen LogP contribution in [0.4, 0.5) is 16.3 Å². The number of amides is 2. The van der Waals surface area contributed by atoms with Crippen LogP contribution in [0.15, 0.2) is 65.4 Å². The molecule has 174 valence electrons. The van der Waals surface area contributed by atoms with Gasteiger partial charge in [0.15, 0.2) is 0 Å². The number of rotatable bonds is 11. The molecule has 0 radical (unpaired) electrons. The van der Waals surface area contributed by atoms with Crippen LogP contribution < -0.4 is 20.7 Å².